The van der Waals surface area contributed by atoms with E-state index in [0.717, 1.165) is 197 Å². The molecule has 0 unspecified atom stereocenters. The molecular formula is C98H90N10O8+2. The van der Waals surface area contributed by atoms with Crippen molar-refractivity contribution >= 4 is 112 Å². The molecule has 0 aliphatic rings. The molecule has 0 radical (unpaired) electrons. The van der Waals surface area contributed by atoms with Crippen molar-refractivity contribution in [3.8, 4) is 46.0 Å². The molecular weight excluding hydrogens is 1450 g/mol. The van der Waals surface area contributed by atoms with E-state index < -0.39 is 0 Å². The number of ether oxygens (including phenoxy) is 8. The van der Waals surface area contributed by atoms with Crippen LogP contribution in [-0.2, 0) is 39.3 Å². The summed E-state index contributed by atoms with van der Waals surface area (Å²) in [5.74, 6) is 6.29. The second-order valence-electron chi connectivity index (χ2n) is 28.5. The number of rotatable bonds is 30. The number of aromatic nitrogens is 6. The summed E-state index contributed by atoms with van der Waals surface area (Å²) in [5.41, 5.74) is 18.9. The minimum absolute atomic E-state index is 0.723. The zero-order chi connectivity index (χ0) is 79.2. The summed E-state index contributed by atoms with van der Waals surface area (Å²) >= 11 is 0. The Morgan fingerprint density at radius 3 is 0.612 bits per heavy atom. The fourth-order valence-corrected chi connectivity index (χ4v) is 15.8. The number of imidazole rings is 2. The number of anilines is 12. The van der Waals surface area contributed by atoms with Crippen molar-refractivity contribution in [2.45, 2.75) is 39.3 Å². The first-order valence-corrected chi connectivity index (χ1v) is 38.7. The standard InChI is InChI=1S/C98H90N10O8/c1-109-83-33-13-71(14-34-83)105(72-15-35-84(110-2)36-16-72)79-29-49-95-91(61-79)92-62-80(106(73-17-37-85(111-3)38-18-73)74-19-39-86(112-4)40-20-74)30-50-96(92)103(95)59-57-99-53-55-101(67-99)65-69-9-11-70(12-10-69)66-102-56-54-100(68-102)58-60-104-97-51-31-81(107(75-21-41-87(113-5)42-22-75)76-23-43-88(114-6)44-24-76)63-93(97)94-64-82(32-52-98(94)104)108(77-25-45-89(115-7)46-26-77)78-27-47-90(116-8)48-28-78/h9-56,61-64,67-68H,57-60,65-66H2,1-8H3/q+2. The molecule has 116 heavy (non-hydrogen) atoms. The van der Waals surface area contributed by atoms with Crippen molar-refractivity contribution < 1.29 is 47.0 Å². The fourth-order valence-electron chi connectivity index (χ4n) is 15.8. The lowest BCUT2D eigenvalue weighted by Gasteiger charge is -2.26. The summed E-state index contributed by atoms with van der Waals surface area (Å²) < 4.78 is 59.1. The van der Waals surface area contributed by atoms with E-state index in [-0.39, 0.29) is 0 Å². The summed E-state index contributed by atoms with van der Waals surface area (Å²) in [4.78, 5) is 9.12. The Morgan fingerprint density at radius 1 is 0.233 bits per heavy atom. The average Bonchev–Trinajstić information content (AvgIpc) is 1.59. The third kappa shape index (κ3) is 15.3. The van der Waals surface area contributed by atoms with E-state index in [1.165, 1.54) is 11.1 Å². The van der Waals surface area contributed by atoms with Crippen molar-refractivity contribution in [2.24, 2.45) is 0 Å². The Labute approximate surface area is 674 Å². The summed E-state index contributed by atoms with van der Waals surface area (Å²) in [6.45, 7) is 4.39. The van der Waals surface area contributed by atoms with Gasteiger partial charge in [-0.05, 0) is 278 Å². The maximum absolute atomic E-state index is 5.63. The van der Waals surface area contributed by atoms with E-state index in [0.29, 0.717) is 0 Å². The number of hydrogen-bond donors (Lipinski definition) is 0. The molecule has 0 N–H and O–H groups in total. The molecule has 0 amide bonds. The summed E-state index contributed by atoms with van der Waals surface area (Å²) in [6.07, 6.45) is 13.2. The lowest BCUT2D eigenvalue weighted by molar-refractivity contribution is -0.697. The highest BCUT2D eigenvalue weighted by molar-refractivity contribution is 6.12. The molecule has 17 aromatic rings. The second-order valence-corrected chi connectivity index (χ2v) is 28.5. The van der Waals surface area contributed by atoms with Gasteiger partial charge in [-0.25, -0.2) is 18.3 Å². The highest BCUT2D eigenvalue weighted by Crippen LogP contribution is 2.46. The minimum atomic E-state index is 0.723. The Kier molecular flexibility index (Phi) is 21.1. The third-order valence-electron chi connectivity index (χ3n) is 21.8. The predicted molar refractivity (Wildman–Crippen MR) is 464 cm³/mol. The van der Waals surface area contributed by atoms with E-state index in [4.69, 9.17) is 37.9 Å². The SMILES string of the molecule is COc1ccc(N(c2ccc(OC)cc2)c2ccc3c(c2)c2cc(N(c4ccc(OC)cc4)c4ccc(OC)cc4)ccc2n3CC[n+]2ccn(Cc3ccc(Cn4cc[n+](CCn5c6ccc(N(c7ccc(OC)cc7)c7ccc(OC)cc7)cc6c6cc(N(c7ccc(OC)cc7)c7ccc(OC)cc7)ccc65)c4)cc3)c2)cc1. The van der Waals surface area contributed by atoms with E-state index in [9.17, 15) is 0 Å². The summed E-state index contributed by atoms with van der Waals surface area (Å²) in [6, 6.07) is 102. The van der Waals surface area contributed by atoms with Crippen LogP contribution >= 0.6 is 0 Å². The minimum Gasteiger partial charge on any atom is -0.497 e. The molecule has 0 aliphatic heterocycles. The van der Waals surface area contributed by atoms with Gasteiger partial charge in [-0.1, -0.05) is 24.3 Å². The van der Waals surface area contributed by atoms with Gasteiger partial charge >= 0.3 is 0 Å². The fraction of sp³-hybridized carbons (Fsp3) is 0.143. The maximum atomic E-state index is 5.63. The van der Waals surface area contributed by atoms with Gasteiger partial charge < -0.3 is 66.6 Å². The average molecular weight is 1540 g/mol. The van der Waals surface area contributed by atoms with Crippen LogP contribution in [0.5, 0.6) is 46.0 Å². The van der Waals surface area contributed by atoms with Crippen LogP contribution in [0.25, 0.3) is 43.6 Å². The van der Waals surface area contributed by atoms with Crippen LogP contribution in [0.4, 0.5) is 68.2 Å². The van der Waals surface area contributed by atoms with Crippen molar-refractivity contribution in [3.63, 3.8) is 0 Å². The highest BCUT2D eigenvalue weighted by Gasteiger charge is 2.25. The molecule has 13 aromatic carbocycles. The van der Waals surface area contributed by atoms with Gasteiger partial charge in [0.25, 0.3) is 0 Å². The zero-order valence-electron chi connectivity index (χ0n) is 66.2. The van der Waals surface area contributed by atoms with Gasteiger partial charge in [-0.15, -0.1) is 0 Å². The molecule has 17 rings (SSSR count). The topological polar surface area (TPSA) is 114 Å². The maximum Gasteiger partial charge on any atom is 0.244 e. The molecule has 0 aliphatic carbocycles. The molecule has 0 fully saturated rings. The van der Waals surface area contributed by atoms with Crippen LogP contribution in [0.1, 0.15) is 11.1 Å². The summed E-state index contributed by atoms with van der Waals surface area (Å²) in [5, 5.41) is 4.50. The van der Waals surface area contributed by atoms with E-state index >= 15 is 0 Å². The molecule has 4 aromatic heterocycles. The number of benzene rings is 13. The molecule has 0 spiro atoms. The van der Waals surface area contributed by atoms with Crippen LogP contribution in [0.2, 0.25) is 0 Å². The molecule has 18 nitrogen and oxygen atoms in total. The summed E-state index contributed by atoms with van der Waals surface area (Å²) in [7, 11) is 13.6. The first kappa shape index (κ1) is 74.2. The number of methoxy groups -OCH3 is 8. The smallest absolute Gasteiger partial charge is 0.244 e. The predicted octanol–water partition coefficient (Wildman–Crippen LogP) is 21.5. The van der Waals surface area contributed by atoms with Gasteiger partial charge in [-0.3, -0.25) is 0 Å². The zero-order valence-corrected chi connectivity index (χ0v) is 66.2. The van der Waals surface area contributed by atoms with E-state index in [2.05, 4.69) is 279 Å². The van der Waals surface area contributed by atoms with Crippen LogP contribution < -0.4 is 66.6 Å². The number of fused-ring (bicyclic) bond motifs is 6. The van der Waals surface area contributed by atoms with Crippen LogP contribution in [0, 0.1) is 0 Å². The van der Waals surface area contributed by atoms with E-state index in [1.807, 2.05) is 97.1 Å². The Balaban J connectivity index is 0.628. The van der Waals surface area contributed by atoms with Crippen LogP contribution in [0.3, 0.4) is 0 Å². The monoisotopic (exact) mass is 1530 g/mol. The molecule has 18 heteroatoms. The van der Waals surface area contributed by atoms with Crippen molar-refractivity contribution in [3.05, 3.63) is 340 Å². The first-order valence-electron chi connectivity index (χ1n) is 38.7. The van der Waals surface area contributed by atoms with Gasteiger partial charge in [0.05, 0.1) is 70.0 Å². The highest BCUT2D eigenvalue weighted by atomic mass is 16.5. The largest absolute Gasteiger partial charge is 0.497 e. The molecule has 0 bridgehead atoms. The Hall–Kier alpha value is -14.5. The van der Waals surface area contributed by atoms with Gasteiger partial charge in [0.1, 0.15) is 97.0 Å². The van der Waals surface area contributed by atoms with Crippen molar-refractivity contribution in [1.29, 1.82) is 0 Å². The Bertz CT molecular complexity index is 5360. The van der Waals surface area contributed by atoms with Crippen molar-refractivity contribution in [2.75, 3.05) is 76.5 Å². The Morgan fingerprint density at radius 2 is 0.422 bits per heavy atom. The lowest BCUT2D eigenvalue weighted by atomic mass is 10.1. The molecule has 0 atom stereocenters. The van der Waals surface area contributed by atoms with Crippen LogP contribution in [-0.4, -0.2) is 75.1 Å². The van der Waals surface area contributed by atoms with Gasteiger partial charge in [-0.2, -0.15) is 0 Å². The molecule has 4 heterocycles. The first-order chi connectivity index (χ1) is 57.0. The van der Waals surface area contributed by atoms with Gasteiger partial charge in [0.15, 0.2) is 0 Å². The third-order valence-corrected chi connectivity index (χ3v) is 21.8. The number of aryl methyl sites for hydroxylation is 4. The lowest BCUT2D eigenvalue weighted by Crippen LogP contribution is -2.33. The van der Waals surface area contributed by atoms with Crippen LogP contribution in [0.15, 0.2) is 329 Å². The second kappa shape index (κ2) is 33.0. The van der Waals surface area contributed by atoms with E-state index in [1.54, 1.807) is 56.9 Å². The van der Waals surface area contributed by atoms with Gasteiger partial charge in [0, 0.05) is 112 Å². The molecule has 0 saturated carbocycles. The molecule has 0 saturated heterocycles. The normalized spacial score (nSPS) is 11.3. The quantitative estimate of drug-likeness (QED) is 0.0399. The van der Waals surface area contributed by atoms with Crippen molar-refractivity contribution in [1.82, 2.24) is 18.3 Å². The van der Waals surface area contributed by atoms with Gasteiger partial charge in [0.2, 0.25) is 12.7 Å². The number of hydrogen-bond acceptors (Lipinski definition) is 12. The molecule has 578 valence electrons. The number of nitrogens with zero attached hydrogens (tertiary/aromatic N) is 10.